The molecule has 0 aromatic carbocycles. The van der Waals surface area contributed by atoms with E-state index in [0.29, 0.717) is 0 Å². The molecule has 2 rings (SSSR count). The topological polar surface area (TPSA) is 61.7 Å². The Labute approximate surface area is 108 Å². The van der Waals surface area contributed by atoms with Gasteiger partial charge in [-0.25, -0.2) is 0 Å². The van der Waals surface area contributed by atoms with Gasteiger partial charge in [-0.05, 0) is 24.5 Å². The average molecular weight is 247 g/mol. The lowest BCUT2D eigenvalue weighted by molar-refractivity contribution is 0.584. The second-order valence-electron chi connectivity index (χ2n) is 4.68. The quantitative estimate of drug-likeness (QED) is 0.832. The standard InChI is InChI=1S/C13H21N5/c1-3-12(14)8-11-9-16-18(10-11)7-5-13-4-6-15-17(13)2/h4,6,9-10,12H,3,5,7-8,14H2,1-2H3. The van der Waals surface area contributed by atoms with Crippen LogP contribution in [0, 0.1) is 0 Å². The van der Waals surface area contributed by atoms with Gasteiger partial charge in [0.05, 0.1) is 6.20 Å². The molecule has 0 saturated heterocycles. The molecule has 0 saturated carbocycles. The summed E-state index contributed by atoms with van der Waals surface area (Å²) >= 11 is 0. The van der Waals surface area contributed by atoms with Crippen LogP contribution < -0.4 is 5.73 Å². The van der Waals surface area contributed by atoms with E-state index in [1.807, 2.05) is 34.9 Å². The summed E-state index contributed by atoms with van der Waals surface area (Å²) in [5.74, 6) is 0. The summed E-state index contributed by atoms with van der Waals surface area (Å²) in [4.78, 5) is 0. The van der Waals surface area contributed by atoms with Gasteiger partial charge in [-0.3, -0.25) is 9.36 Å². The molecule has 0 radical (unpaired) electrons. The van der Waals surface area contributed by atoms with Gasteiger partial charge in [0.2, 0.25) is 0 Å². The van der Waals surface area contributed by atoms with Gasteiger partial charge in [-0.15, -0.1) is 0 Å². The summed E-state index contributed by atoms with van der Waals surface area (Å²) in [6.07, 6.45) is 8.68. The van der Waals surface area contributed by atoms with Gasteiger partial charge in [0.15, 0.2) is 0 Å². The fourth-order valence-electron chi connectivity index (χ4n) is 1.96. The van der Waals surface area contributed by atoms with Crippen LogP contribution in [0.15, 0.2) is 24.7 Å². The second kappa shape index (κ2) is 5.82. The van der Waals surface area contributed by atoms with Crippen molar-refractivity contribution in [1.82, 2.24) is 19.6 Å². The minimum atomic E-state index is 0.236. The highest BCUT2D eigenvalue weighted by atomic mass is 15.3. The Morgan fingerprint density at radius 2 is 2.22 bits per heavy atom. The Balaban J connectivity index is 1.89. The minimum Gasteiger partial charge on any atom is -0.327 e. The molecule has 0 aliphatic rings. The Hall–Kier alpha value is -1.62. The Kier molecular flexibility index (Phi) is 4.15. The first-order chi connectivity index (χ1) is 8.69. The first-order valence-corrected chi connectivity index (χ1v) is 6.43. The molecule has 2 aromatic heterocycles. The molecule has 5 nitrogen and oxygen atoms in total. The van der Waals surface area contributed by atoms with E-state index in [4.69, 9.17) is 5.73 Å². The highest BCUT2D eigenvalue weighted by Gasteiger charge is 2.05. The molecular formula is C13H21N5. The summed E-state index contributed by atoms with van der Waals surface area (Å²) in [6, 6.07) is 2.27. The molecule has 18 heavy (non-hydrogen) atoms. The van der Waals surface area contributed by atoms with Crippen molar-refractivity contribution in [3.05, 3.63) is 35.9 Å². The lowest BCUT2D eigenvalue weighted by Crippen LogP contribution is -2.21. The molecule has 2 heterocycles. The van der Waals surface area contributed by atoms with Crippen molar-refractivity contribution >= 4 is 0 Å². The van der Waals surface area contributed by atoms with Gasteiger partial charge >= 0.3 is 0 Å². The van der Waals surface area contributed by atoms with Crippen LogP contribution in [-0.4, -0.2) is 25.6 Å². The zero-order valence-electron chi connectivity index (χ0n) is 11.1. The van der Waals surface area contributed by atoms with Crippen molar-refractivity contribution in [3.8, 4) is 0 Å². The van der Waals surface area contributed by atoms with Crippen molar-refractivity contribution in [2.24, 2.45) is 12.8 Å². The van der Waals surface area contributed by atoms with Gasteiger partial charge in [0, 0.05) is 44.1 Å². The van der Waals surface area contributed by atoms with E-state index in [1.54, 1.807) is 0 Å². The van der Waals surface area contributed by atoms with Gasteiger partial charge in [0.25, 0.3) is 0 Å². The van der Waals surface area contributed by atoms with E-state index in [-0.39, 0.29) is 6.04 Å². The fraction of sp³-hybridized carbons (Fsp3) is 0.538. The molecule has 5 heteroatoms. The number of hydrogen-bond donors (Lipinski definition) is 1. The van der Waals surface area contributed by atoms with Gasteiger partial charge < -0.3 is 5.73 Å². The molecule has 0 fully saturated rings. The lowest BCUT2D eigenvalue weighted by atomic mass is 10.1. The van der Waals surface area contributed by atoms with E-state index < -0.39 is 0 Å². The highest BCUT2D eigenvalue weighted by molar-refractivity contribution is 5.06. The Morgan fingerprint density at radius 3 is 2.89 bits per heavy atom. The number of hydrogen-bond acceptors (Lipinski definition) is 3. The third-order valence-corrected chi connectivity index (χ3v) is 3.23. The van der Waals surface area contributed by atoms with Crippen molar-refractivity contribution < 1.29 is 0 Å². The minimum absolute atomic E-state index is 0.236. The largest absolute Gasteiger partial charge is 0.327 e. The van der Waals surface area contributed by atoms with E-state index in [9.17, 15) is 0 Å². The summed E-state index contributed by atoms with van der Waals surface area (Å²) in [5.41, 5.74) is 8.37. The van der Waals surface area contributed by atoms with Crippen LogP contribution in [0.3, 0.4) is 0 Å². The predicted octanol–water partition coefficient (Wildman–Crippen LogP) is 1.14. The van der Waals surface area contributed by atoms with Crippen LogP contribution in [0.25, 0.3) is 0 Å². The smallest absolute Gasteiger partial charge is 0.0522 e. The Bertz CT molecular complexity index is 485. The van der Waals surface area contributed by atoms with Crippen molar-refractivity contribution in [2.75, 3.05) is 0 Å². The summed E-state index contributed by atoms with van der Waals surface area (Å²) in [7, 11) is 1.96. The molecule has 2 N–H and O–H groups in total. The number of nitrogens with two attached hydrogens (primary N) is 1. The molecule has 1 unspecified atom stereocenters. The number of nitrogens with zero attached hydrogens (tertiary/aromatic N) is 4. The Morgan fingerprint density at radius 1 is 1.39 bits per heavy atom. The number of rotatable bonds is 6. The molecule has 2 aromatic rings. The monoisotopic (exact) mass is 247 g/mol. The van der Waals surface area contributed by atoms with Gasteiger partial charge in [-0.1, -0.05) is 6.92 Å². The summed E-state index contributed by atoms with van der Waals surface area (Å²) in [5, 5.41) is 8.52. The SMILES string of the molecule is CCC(N)Cc1cnn(CCc2ccnn2C)c1. The maximum Gasteiger partial charge on any atom is 0.0522 e. The van der Waals surface area contributed by atoms with Gasteiger partial charge in [0.1, 0.15) is 0 Å². The average Bonchev–Trinajstić information content (AvgIpc) is 2.96. The zero-order chi connectivity index (χ0) is 13.0. The molecule has 0 bridgehead atoms. The first-order valence-electron chi connectivity index (χ1n) is 6.43. The molecule has 0 aliphatic carbocycles. The predicted molar refractivity (Wildman–Crippen MR) is 71.1 cm³/mol. The lowest BCUT2D eigenvalue weighted by Gasteiger charge is -2.05. The molecule has 98 valence electrons. The maximum absolute atomic E-state index is 5.94. The maximum atomic E-state index is 5.94. The van der Waals surface area contributed by atoms with Crippen molar-refractivity contribution in [3.63, 3.8) is 0 Å². The van der Waals surface area contributed by atoms with Crippen LogP contribution >= 0.6 is 0 Å². The summed E-state index contributed by atoms with van der Waals surface area (Å²) in [6.45, 7) is 2.98. The molecule has 1 atom stereocenters. The molecule has 0 amide bonds. The molecule has 0 spiro atoms. The van der Waals surface area contributed by atoms with Crippen LogP contribution in [0.5, 0.6) is 0 Å². The van der Waals surface area contributed by atoms with Crippen LogP contribution in [0.4, 0.5) is 0 Å². The van der Waals surface area contributed by atoms with Crippen LogP contribution in [-0.2, 0) is 26.4 Å². The van der Waals surface area contributed by atoms with E-state index in [2.05, 4.69) is 23.3 Å². The fourth-order valence-corrected chi connectivity index (χ4v) is 1.96. The molecular weight excluding hydrogens is 226 g/mol. The van der Waals surface area contributed by atoms with Crippen LogP contribution in [0.1, 0.15) is 24.6 Å². The third-order valence-electron chi connectivity index (χ3n) is 3.23. The van der Waals surface area contributed by atoms with E-state index in [0.717, 1.165) is 25.8 Å². The number of aryl methyl sites for hydroxylation is 3. The second-order valence-corrected chi connectivity index (χ2v) is 4.68. The third kappa shape index (κ3) is 3.20. The highest BCUT2D eigenvalue weighted by Crippen LogP contribution is 2.05. The van der Waals surface area contributed by atoms with E-state index >= 15 is 0 Å². The summed E-state index contributed by atoms with van der Waals surface area (Å²) < 4.78 is 3.88. The molecule has 0 aliphatic heterocycles. The normalized spacial score (nSPS) is 12.8. The van der Waals surface area contributed by atoms with Crippen molar-refractivity contribution in [1.29, 1.82) is 0 Å². The zero-order valence-corrected chi connectivity index (χ0v) is 11.1. The van der Waals surface area contributed by atoms with Crippen LogP contribution in [0.2, 0.25) is 0 Å². The number of aromatic nitrogens is 4. The van der Waals surface area contributed by atoms with Gasteiger partial charge in [-0.2, -0.15) is 10.2 Å². The van der Waals surface area contributed by atoms with E-state index in [1.165, 1.54) is 11.3 Å². The first kappa shape index (κ1) is 12.8. The van der Waals surface area contributed by atoms with Crippen molar-refractivity contribution in [2.45, 2.75) is 38.8 Å².